The van der Waals surface area contributed by atoms with E-state index < -0.39 is 0 Å². The molecule has 0 spiro atoms. The minimum atomic E-state index is 0.0104. The molecule has 0 atom stereocenters. The Bertz CT molecular complexity index is 575. The number of carbonyl (C=O) groups is 2. The number of rotatable bonds is 5. The van der Waals surface area contributed by atoms with Gasteiger partial charge in [0.05, 0.1) is 6.54 Å². The number of carbonyl (C=O) groups excluding carboxylic acids is 2. The Hall–Kier alpha value is -1.50. The maximum absolute atomic E-state index is 12.4. The van der Waals surface area contributed by atoms with Crippen LogP contribution in [0.5, 0.6) is 0 Å². The zero-order valence-electron chi connectivity index (χ0n) is 14.3. The first-order valence-electron chi connectivity index (χ1n) is 9.05. The van der Waals surface area contributed by atoms with E-state index >= 15 is 0 Å². The first-order valence-corrected chi connectivity index (χ1v) is 9.86. The van der Waals surface area contributed by atoms with E-state index in [1.165, 1.54) is 12.8 Å². The van der Waals surface area contributed by atoms with Crippen molar-refractivity contribution < 1.29 is 9.59 Å². The van der Waals surface area contributed by atoms with Gasteiger partial charge in [-0.2, -0.15) is 0 Å². The van der Waals surface area contributed by atoms with Gasteiger partial charge in [0.25, 0.3) is 0 Å². The molecule has 1 aromatic heterocycles. The van der Waals surface area contributed by atoms with Gasteiger partial charge in [0.15, 0.2) is 0 Å². The number of likely N-dealkylation sites (tertiary alicyclic amines) is 1. The molecule has 7 heteroatoms. The van der Waals surface area contributed by atoms with Crippen molar-refractivity contribution in [3.05, 3.63) is 10.0 Å². The van der Waals surface area contributed by atoms with Crippen molar-refractivity contribution in [1.29, 1.82) is 0 Å². The van der Waals surface area contributed by atoms with E-state index in [-0.39, 0.29) is 17.7 Å². The smallest absolute Gasteiger partial charge is 0.225 e. The van der Waals surface area contributed by atoms with Crippen molar-refractivity contribution in [3.8, 4) is 0 Å². The van der Waals surface area contributed by atoms with Gasteiger partial charge in [0.2, 0.25) is 11.8 Å². The molecule has 6 nitrogen and oxygen atoms in total. The summed E-state index contributed by atoms with van der Waals surface area (Å²) in [6.07, 6.45) is 6.85. The summed E-state index contributed by atoms with van der Waals surface area (Å²) >= 11 is 1.55. The molecule has 1 aromatic rings. The van der Waals surface area contributed by atoms with Crippen LogP contribution >= 0.6 is 11.3 Å². The predicted octanol–water partition coefficient (Wildman–Crippen LogP) is 2.15. The van der Waals surface area contributed by atoms with Gasteiger partial charge in [-0.05, 0) is 32.1 Å². The van der Waals surface area contributed by atoms with Crippen LogP contribution < -0.4 is 5.32 Å². The fraction of sp³-hybridized carbons (Fsp3) is 0.765. The minimum absolute atomic E-state index is 0.0104. The van der Waals surface area contributed by atoms with Crippen molar-refractivity contribution in [2.75, 3.05) is 13.1 Å². The molecule has 3 rings (SSSR count). The van der Waals surface area contributed by atoms with Crippen LogP contribution in [-0.2, 0) is 22.6 Å². The third-order valence-corrected chi connectivity index (χ3v) is 6.17. The first-order chi connectivity index (χ1) is 11.7. The van der Waals surface area contributed by atoms with Crippen molar-refractivity contribution >= 4 is 23.2 Å². The molecule has 24 heavy (non-hydrogen) atoms. The predicted molar refractivity (Wildman–Crippen MR) is 92.4 cm³/mol. The maximum atomic E-state index is 12.4. The first kappa shape index (κ1) is 17.3. The van der Waals surface area contributed by atoms with Gasteiger partial charge in [0.1, 0.15) is 10.0 Å². The Morgan fingerprint density at radius 3 is 2.38 bits per heavy atom. The van der Waals surface area contributed by atoms with Gasteiger partial charge < -0.3 is 10.2 Å². The summed E-state index contributed by atoms with van der Waals surface area (Å²) in [5, 5.41) is 13.0. The van der Waals surface area contributed by atoms with Crippen molar-refractivity contribution in [1.82, 2.24) is 20.4 Å². The zero-order chi connectivity index (χ0) is 16.9. The largest absolute Gasteiger partial charge is 0.349 e. The van der Waals surface area contributed by atoms with Crippen LogP contribution in [0.2, 0.25) is 0 Å². The lowest BCUT2D eigenvalue weighted by Gasteiger charge is -2.33. The molecule has 1 saturated heterocycles. The summed E-state index contributed by atoms with van der Waals surface area (Å²) < 4.78 is 0. The number of piperidine rings is 1. The lowest BCUT2D eigenvalue weighted by molar-refractivity contribution is -0.139. The third kappa shape index (κ3) is 4.12. The Morgan fingerprint density at radius 2 is 1.75 bits per heavy atom. The van der Waals surface area contributed by atoms with Crippen LogP contribution in [0.4, 0.5) is 0 Å². The van der Waals surface area contributed by atoms with Crippen molar-refractivity contribution in [2.24, 2.45) is 11.8 Å². The summed E-state index contributed by atoms with van der Waals surface area (Å²) in [6, 6.07) is 0. The van der Waals surface area contributed by atoms with Crippen LogP contribution in [0.15, 0.2) is 0 Å². The summed E-state index contributed by atoms with van der Waals surface area (Å²) in [5.74, 6) is 0.639. The molecule has 0 bridgehead atoms. The van der Waals surface area contributed by atoms with Crippen LogP contribution in [0.3, 0.4) is 0 Å². The second-order valence-corrected chi connectivity index (χ2v) is 7.89. The van der Waals surface area contributed by atoms with E-state index in [4.69, 9.17) is 0 Å². The minimum Gasteiger partial charge on any atom is -0.349 e. The number of hydrogen-bond acceptors (Lipinski definition) is 5. The average Bonchev–Trinajstić information content (AvgIpc) is 3.30. The molecule has 1 aliphatic heterocycles. The molecule has 0 aromatic carbocycles. The Morgan fingerprint density at radius 1 is 1.08 bits per heavy atom. The molecular weight excluding hydrogens is 324 g/mol. The highest BCUT2D eigenvalue weighted by atomic mass is 32.1. The number of aromatic nitrogens is 2. The zero-order valence-corrected chi connectivity index (χ0v) is 15.1. The van der Waals surface area contributed by atoms with E-state index in [9.17, 15) is 9.59 Å². The lowest BCUT2D eigenvalue weighted by Crippen LogP contribution is -2.44. The topological polar surface area (TPSA) is 75.2 Å². The summed E-state index contributed by atoms with van der Waals surface area (Å²) in [5.41, 5.74) is 0. The van der Waals surface area contributed by atoms with E-state index in [1.54, 1.807) is 11.3 Å². The molecular formula is C17H26N4O2S. The number of amides is 2. The summed E-state index contributed by atoms with van der Waals surface area (Å²) in [7, 11) is 0. The van der Waals surface area contributed by atoms with E-state index in [0.29, 0.717) is 25.5 Å². The molecule has 0 unspecified atom stereocenters. The molecule has 2 amide bonds. The van der Waals surface area contributed by atoms with Crippen LogP contribution in [0.1, 0.15) is 55.5 Å². The molecule has 2 fully saturated rings. The van der Waals surface area contributed by atoms with Crippen LogP contribution in [0, 0.1) is 11.8 Å². The van der Waals surface area contributed by atoms with Crippen LogP contribution in [-0.4, -0.2) is 40.0 Å². The lowest BCUT2D eigenvalue weighted by atomic mass is 9.94. The highest BCUT2D eigenvalue weighted by Crippen LogP contribution is 2.28. The van der Waals surface area contributed by atoms with Crippen LogP contribution in [0.25, 0.3) is 0 Å². The van der Waals surface area contributed by atoms with Crippen molar-refractivity contribution in [2.45, 2.75) is 58.4 Å². The summed E-state index contributed by atoms with van der Waals surface area (Å²) in [4.78, 5) is 26.7. The second-order valence-electron chi connectivity index (χ2n) is 6.74. The maximum Gasteiger partial charge on any atom is 0.225 e. The van der Waals surface area contributed by atoms with Gasteiger partial charge in [-0.25, -0.2) is 0 Å². The Balaban J connectivity index is 1.42. The number of hydrogen-bond donors (Lipinski definition) is 1. The van der Waals surface area contributed by atoms with Gasteiger partial charge in [-0.15, -0.1) is 10.2 Å². The fourth-order valence-corrected chi connectivity index (χ4v) is 4.33. The van der Waals surface area contributed by atoms with Crippen molar-refractivity contribution in [3.63, 3.8) is 0 Å². The van der Waals surface area contributed by atoms with E-state index in [1.807, 2.05) is 11.8 Å². The molecule has 1 aliphatic carbocycles. The monoisotopic (exact) mass is 350 g/mol. The van der Waals surface area contributed by atoms with E-state index in [2.05, 4.69) is 15.5 Å². The third-order valence-electron chi connectivity index (χ3n) is 5.11. The molecule has 1 saturated carbocycles. The molecule has 0 radical (unpaired) electrons. The number of nitrogens with one attached hydrogen (secondary N) is 1. The molecule has 2 aliphatic rings. The summed E-state index contributed by atoms with van der Waals surface area (Å²) in [6.45, 7) is 3.93. The van der Waals surface area contributed by atoms with Gasteiger partial charge in [-0.1, -0.05) is 31.1 Å². The SMILES string of the molecule is CCc1nnc(CNC(=O)C2CCN(C(=O)C3CCCC3)CC2)s1. The number of nitrogens with zero attached hydrogens (tertiary/aromatic N) is 3. The van der Waals surface area contributed by atoms with Gasteiger partial charge in [0, 0.05) is 24.9 Å². The Kier molecular flexibility index (Phi) is 5.81. The Labute approximate surface area is 147 Å². The highest BCUT2D eigenvalue weighted by Gasteiger charge is 2.31. The average molecular weight is 350 g/mol. The van der Waals surface area contributed by atoms with Gasteiger partial charge in [-0.3, -0.25) is 9.59 Å². The number of aryl methyl sites for hydroxylation is 1. The molecule has 132 valence electrons. The second kappa shape index (κ2) is 8.05. The molecule has 2 heterocycles. The fourth-order valence-electron chi connectivity index (χ4n) is 3.60. The highest BCUT2D eigenvalue weighted by molar-refractivity contribution is 7.11. The van der Waals surface area contributed by atoms with E-state index in [0.717, 1.165) is 42.1 Å². The molecule has 1 N–H and O–H groups in total. The standard InChI is InChI=1S/C17H26N4O2S/c1-2-14-19-20-15(24-14)11-18-16(22)12-7-9-21(10-8-12)17(23)13-5-3-4-6-13/h12-13H,2-11H2,1H3,(H,18,22). The quantitative estimate of drug-likeness (QED) is 0.883. The normalized spacial score (nSPS) is 19.6. The van der Waals surface area contributed by atoms with Gasteiger partial charge >= 0.3 is 0 Å².